The van der Waals surface area contributed by atoms with Crippen molar-refractivity contribution in [1.29, 1.82) is 0 Å². The van der Waals surface area contributed by atoms with Crippen molar-refractivity contribution in [2.45, 2.75) is 0 Å². The summed E-state index contributed by atoms with van der Waals surface area (Å²) in [7, 11) is 0. The molecule has 5 aromatic carbocycles. The van der Waals surface area contributed by atoms with Gasteiger partial charge in [0.25, 0.3) is 0 Å². The summed E-state index contributed by atoms with van der Waals surface area (Å²) in [5.41, 5.74) is 4.73. The van der Waals surface area contributed by atoms with Crippen LogP contribution in [0.15, 0.2) is 97.1 Å². The van der Waals surface area contributed by atoms with Gasteiger partial charge in [-0.05, 0) is 68.1 Å². The second-order valence-electron chi connectivity index (χ2n) is 6.85. The van der Waals surface area contributed by atoms with E-state index in [0.29, 0.717) is 0 Å². The van der Waals surface area contributed by atoms with Crippen LogP contribution in [0.25, 0.3) is 43.8 Å². The van der Waals surface area contributed by atoms with Crippen LogP contribution >= 0.6 is 23.2 Å². The van der Waals surface area contributed by atoms with E-state index in [0.717, 1.165) is 21.2 Å². The Hall–Kier alpha value is -2.80. The Kier molecular flexibility index (Phi) is 4.31. The van der Waals surface area contributed by atoms with Crippen molar-refractivity contribution >= 4 is 44.7 Å². The lowest BCUT2D eigenvalue weighted by Crippen LogP contribution is -1.91. The van der Waals surface area contributed by atoms with Gasteiger partial charge in [0.15, 0.2) is 0 Å². The Morgan fingerprint density at radius 2 is 0.679 bits per heavy atom. The third-order valence-corrected chi connectivity index (χ3v) is 5.70. The molecule has 0 nitrogen and oxygen atoms in total. The van der Waals surface area contributed by atoms with Crippen molar-refractivity contribution in [3.05, 3.63) is 107 Å². The summed E-state index contributed by atoms with van der Waals surface area (Å²) in [6.07, 6.45) is 0. The molecule has 0 N–H and O–H groups in total. The van der Waals surface area contributed by atoms with Gasteiger partial charge < -0.3 is 0 Å². The first-order chi connectivity index (χ1) is 13.7. The largest absolute Gasteiger partial charge is 0.0843 e. The molecular weight excluding hydrogens is 383 g/mol. The van der Waals surface area contributed by atoms with Gasteiger partial charge in [0, 0.05) is 10.0 Å². The molecule has 0 atom stereocenters. The fourth-order valence-electron chi connectivity index (χ4n) is 3.97. The van der Waals surface area contributed by atoms with Gasteiger partial charge in [0.1, 0.15) is 0 Å². The smallest absolute Gasteiger partial charge is 0.0406 e. The summed E-state index contributed by atoms with van der Waals surface area (Å²) >= 11 is 12.3. The van der Waals surface area contributed by atoms with Crippen LogP contribution in [0.4, 0.5) is 0 Å². The zero-order valence-corrected chi connectivity index (χ0v) is 16.5. The van der Waals surface area contributed by atoms with E-state index < -0.39 is 0 Å². The summed E-state index contributed by atoms with van der Waals surface area (Å²) in [6, 6.07) is 33.4. The summed E-state index contributed by atoms with van der Waals surface area (Å²) in [4.78, 5) is 0. The highest BCUT2D eigenvalue weighted by Crippen LogP contribution is 2.44. The first-order valence-electron chi connectivity index (χ1n) is 9.18. The monoisotopic (exact) mass is 398 g/mol. The maximum absolute atomic E-state index is 6.17. The molecule has 0 amide bonds. The summed E-state index contributed by atoms with van der Waals surface area (Å²) in [5, 5.41) is 6.44. The van der Waals surface area contributed by atoms with Crippen molar-refractivity contribution in [3.8, 4) is 22.3 Å². The molecule has 0 aliphatic carbocycles. The maximum atomic E-state index is 6.17. The van der Waals surface area contributed by atoms with Gasteiger partial charge in [-0.15, -0.1) is 0 Å². The fraction of sp³-hybridized carbons (Fsp3) is 0. The van der Waals surface area contributed by atoms with Crippen molar-refractivity contribution < 1.29 is 0 Å². The second-order valence-corrected chi connectivity index (χ2v) is 7.73. The van der Waals surface area contributed by atoms with Crippen LogP contribution in [0, 0.1) is 0 Å². The average Bonchev–Trinajstić information content (AvgIpc) is 2.74. The van der Waals surface area contributed by atoms with E-state index in [9.17, 15) is 0 Å². The molecule has 0 saturated heterocycles. The molecular formula is C26H16Cl2. The van der Waals surface area contributed by atoms with Crippen LogP contribution in [-0.4, -0.2) is 0 Å². The van der Waals surface area contributed by atoms with E-state index in [2.05, 4.69) is 72.8 Å². The van der Waals surface area contributed by atoms with Crippen LogP contribution in [0.2, 0.25) is 10.0 Å². The number of hydrogen-bond acceptors (Lipinski definition) is 0. The predicted octanol–water partition coefficient (Wildman–Crippen LogP) is 8.63. The molecule has 0 aliphatic heterocycles. The quantitative estimate of drug-likeness (QED) is 0.261. The van der Waals surface area contributed by atoms with Crippen molar-refractivity contribution in [1.82, 2.24) is 0 Å². The zero-order chi connectivity index (χ0) is 19.1. The van der Waals surface area contributed by atoms with Crippen LogP contribution < -0.4 is 0 Å². The Bertz CT molecular complexity index is 1200. The highest BCUT2D eigenvalue weighted by molar-refractivity contribution is 6.31. The molecule has 5 aromatic rings. The first kappa shape index (κ1) is 17.3. The van der Waals surface area contributed by atoms with E-state index in [-0.39, 0.29) is 0 Å². The number of benzene rings is 5. The Labute approximate surface area is 174 Å². The number of fused-ring (bicyclic) bond motifs is 3. The lowest BCUT2D eigenvalue weighted by molar-refractivity contribution is 1.62. The minimum atomic E-state index is 0.738. The van der Waals surface area contributed by atoms with Gasteiger partial charge in [-0.1, -0.05) is 96.0 Å². The molecule has 2 heteroatoms. The topological polar surface area (TPSA) is 0 Å². The maximum Gasteiger partial charge on any atom is 0.0406 e. The zero-order valence-electron chi connectivity index (χ0n) is 15.0. The molecule has 0 saturated carbocycles. The molecule has 0 aromatic heterocycles. The number of halogens is 2. The van der Waals surface area contributed by atoms with Gasteiger partial charge in [-0.3, -0.25) is 0 Å². The minimum absolute atomic E-state index is 0.738. The second kappa shape index (κ2) is 6.98. The van der Waals surface area contributed by atoms with Gasteiger partial charge in [-0.2, -0.15) is 0 Å². The summed E-state index contributed by atoms with van der Waals surface area (Å²) < 4.78 is 0. The molecule has 0 aliphatic rings. The Morgan fingerprint density at radius 3 is 1.04 bits per heavy atom. The Morgan fingerprint density at radius 1 is 0.357 bits per heavy atom. The van der Waals surface area contributed by atoms with E-state index in [1.165, 1.54) is 32.7 Å². The van der Waals surface area contributed by atoms with Gasteiger partial charge >= 0.3 is 0 Å². The fourth-order valence-corrected chi connectivity index (χ4v) is 4.23. The lowest BCUT2D eigenvalue weighted by Gasteiger charge is -2.18. The first-order valence-corrected chi connectivity index (χ1v) is 9.93. The highest BCUT2D eigenvalue weighted by Gasteiger charge is 2.17. The van der Waals surface area contributed by atoms with Gasteiger partial charge in [0.2, 0.25) is 0 Å². The van der Waals surface area contributed by atoms with Crippen molar-refractivity contribution in [3.63, 3.8) is 0 Å². The normalized spacial score (nSPS) is 11.2. The summed E-state index contributed by atoms with van der Waals surface area (Å²) in [6.45, 7) is 0. The standard InChI is InChI=1S/C26H16Cl2/c27-19-13-9-17(10-14-19)25-23-7-3-1-5-21(23)22-6-2-4-8-24(22)26(25)18-11-15-20(28)16-12-18/h1-16H. The molecule has 0 unspecified atom stereocenters. The minimum Gasteiger partial charge on any atom is -0.0843 e. The highest BCUT2D eigenvalue weighted by atomic mass is 35.5. The molecule has 0 bridgehead atoms. The average molecular weight is 399 g/mol. The van der Waals surface area contributed by atoms with Crippen molar-refractivity contribution in [2.24, 2.45) is 0 Å². The number of rotatable bonds is 2. The van der Waals surface area contributed by atoms with Crippen molar-refractivity contribution in [2.75, 3.05) is 0 Å². The molecule has 0 spiro atoms. The van der Waals surface area contributed by atoms with E-state index >= 15 is 0 Å². The molecule has 0 fully saturated rings. The predicted molar refractivity (Wildman–Crippen MR) is 122 cm³/mol. The third kappa shape index (κ3) is 2.86. The number of hydrogen-bond donors (Lipinski definition) is 0. The van der Waals surface area contributed by atoms with Gasteiger partial charge in [-0.25, -0.2) is 0 Å². The molecule has 134 valence electrons. The lowest BCUT2D eigenvalue weighted by atomic mass is 9.85. The SMILES string of the molecule is Clc1ccc(-c2c(-c3ccc(Cl)cc3)c3ccccc3c3ccccc23)cc1. The third-order valence-electron chi connectivity index (χ3n) is 5.20. The van der Waals surface area contributed by atoms with E-state index in [1.807, 2.05) is 24.3 Å². The Balaban J connectivity index is 2.00. The molecule has 5 rings (SSSR count). The molecule has 0 heterocycles. The van der Waals surface area contributed by atoms with Gasteiger partial charge in [0.05, 0.1) is 0 Å². The molecule has 28 heavy (non-hydrogen) atoms. The van der Waals surface area contributed by atoms with Crippen LogP contribution in [0.5, 0.6) is 0 Å². The van der Waals surface area contributed by atoms with E-state index in [4.69, 9.17) is 23.2 Å². The van der Waals surface area contributed by atoms with Crippen LogP contribution in [0.3, 0.4) is 0 Å². The molecule has 0 radical (unpaired) electrons. The summed E-state index contributed by atoms with van der Waals surface area (Å²) in [5.74, 6) is 0. The van der Waals surface area contributed by atoms with Crippen LogP contribution in [-0.2, 0) is 0 Å². The van der Waals surface area contributed by atoms with Crippen LogP contribution in [0.1, 0.15) is 0 Å². The van der Waals surface area contributed by atoms with E-state index in [1.54, 1.807) is 0 Å².